The van der Waals surface area contributed by atoms with E-state index >= 15 is 0 Å². The lowest BCUT2D eigenvalue weighted by atomic mass is 10.2. The number of aryl methyl sites for hydroxylation is 1. The molecule has 0 saturated carbocycles. The van der Waals surface area contributed by atoms with Crippen molar-refractivity contribution in [2.75, 3.05) is 7.05 Å². The molecule has 0 fully saturated rings. The number of para-hydroxylation sites is 1. The highest BCUT2D eigenvalue weighted by molar-refractivity contribution is 8.00. The maximum Gasteiger partial charge on any atom is 0.235 e. The monoisotopic (exact) mass is 366 g/mol. The van der Waals surface area contributed by atoms with Crippen LogP contribution >= 0.6 is 11.8 Å². The quantitative estimate of drug-likeness (QED) is 0.624. The van der Waals surface area contributed by atoms with Crippen molar-refractivity contribution >= 4 is 17.7 Å². The van der Waals surface area contributed by atoms with E-state index in [2.05, 4.69) is 10.2 Å². The maximum atomic E-state index is 12.7. The molecule has 1 heterocycles. The molecule has 26 heavy (non-hydrogen) atoms. The van der Waals surface area contributed by atoms with Crippen molar-refractivity contribution in [1.29, 1.82) is 0 Å². The van der Waals surface area contributed by atoms with Gasteiger partial charge in [-0.25, -0.2) is 0 Å². The van der Waals surface area contributed by atoms with Crippen molar-refractivity contribution in [2.45, 2.75) is 30.8 Å². The predicted octanol–water partition coefficient (Wildman–Crippen LogP) is 3.71. The first-order chi connectivity index (χ1) is 12.6. The van der Waals surface area contributed by atoms with E-state index in [-0.39, 0.29) is 11.2 Å². The average Bonchev–Trinajstić information content (AvgIpc) is 3.10. The zero-order valence-electron chi connectivity index (χ0n) is 15.2. The molecule has 0 aliphatic rings. The van der Waals surface area contributed by atoms with Crippen molar-refractivity contribution < 1.29 is 4.79 Å². The molecule has 0 bridgehead atoms. The number of aromatic nitrogens is 3. The fraction of sp³-hybridized carbons (Fsp3) is 0.250. The molecule has 3 rings (SSSR count). The van der Waals surface area contributed by atoms with Crippen LogP contribution in [0, 0.1) is 6.92 Å². The normalized spacial score (nSPS) is 12.0. The number of benzene rings is 2. The molecule has 6 heteroatoms. The molecule has 0 N–H and O–H groups in total. The minimum atomic E-state index is -0.254. The molecular formula is C20H22N4OS. The van der Waals surface area contributed by atoms with Crippen LogP contribution in [-0.2, 0) is 11.3 Å². The number of amides is 1. The van der Waals surface area contributed by atoms with Crippen LogP contribution in [0.3, 0.4) is 0 Å². The van der Waals surface area contributed by atoms with Crippen molar-refractivity contribution in [1.82, 2.24) is 19.7 Å². The topological polar surface area (TPSA) is 51.0 Å². The summed E-state index contributed by atoms with van der Waals surface area (Å²) >= 11 is 1.43. The largest absolute Gasteiger partial charge is 0.340 e. The highest BCUT2D eigenvalue weighted by Gasteiger charge is 2.22. The van der Waals surface area contributed by atoms with E-state index in [1.165, 1.54) is 11.8 Å². The van der Waals surface area contributed by atoms with Gasteiger partial charge in [0.1, 0.15) is 6.33 Å². The second-order valence-corrected chi connectivity index (χ2v) is 7.52. The van der Waals surface area contributed by atoms with Gasteiger partial charge in [0.25, 0.3) is 0 Å². The van der Waals surface area contributed by atoms with Crippen LogP contribution in [0.5, 0.6) is 0 Å². The van der Waals surface area contributed by atoms with Gasteiger partial charge in [-0.3, -0.25) is 9.36 Å². The first-order valence-corrected chi connectivity index (χ1v) is 9.36. The van der Waals surface area contributed by atoms with Gasteiger partial charge in [0.15, 0.2) is 5.16 Å². The summed E-state index contributed by atoms with van der Waals surface area (Å²) < 4.78 is 1.93. The number of carbonyl (C=O) groups excluding carboxylic acids is 1. The van der Waals surface area contributed by atoms with E-state index in [1.807, 2.05) is 80.1 Å². The van der Waals surface area contributed by atoms with Gasteiger partial charge in [0.2, 0.25) is 5.91 Å². The van der Waals surface area contributed by atoms with E-state index in [1.54, 1.807) is 11.2 Å². The maximum absolute atomic E-state index is 12.7. The third kappa shape index (κ3) is 4.14. The Labute approximate surface area is 158 Å². The number of thioether (sulfide) groups is 1. The average molecular weight is 366 g/mol. The van der Waals surface area contributed by atoms with Crippen LogP contribution in [0.4, 0.5) is 0 Å². The van der Waals surface area contributed by atoms with Crippen LogP contribution in [0.25, 0.3) is 5.69 Å². The Balaban J connectivity index is 1.70. The Morgan fingerprint density at radius 2 is 1.85 bits per heavy atom. The van der Waals surface area contributed by atoms with Gasteiger partial charge in [-0.05, 0) is 31.0 Å². The third-order valence-electron chi connectivity index (χ3n) is 4.16. The van der Waals surface area contributed by atoms with Crippen LogP contribution in [0.1, 0.15) is 18.1 Å². The SMILES string of the molecule is Cc1ccccc1-n1cnnc1S[C@@H](C)C(=O)N(C)Cc1ccccc1. The van der Waals surface area contributed by atoms with E-state index in [9.17, 15) is 4.79 Å². The molecule has 5 nitrogen and oxygen atoms in total. The molecule has 0 aliphatic heterocycles. The van der Waals surface area contributed by atoms with Gasteiger partial charge in [-0.1, -0.05) is 60.3 Å². The second kappa shape index (κ2) is 8.19. The Kier molecular flexibility index (Phi) is 5.73. The van der Waals surface area contributed by atoms with Gasteiger partial charge in [0.05, 0.1) is 10.9 Å². The van der Waals surface area contributed by atoms with Crippen LogP contribution in [-0.4, -0.2) is 37.9 Å². The molecule has 1 amide bonds. The Morgan fingerprint density at radius 1 is 1.15 bits per heavy atom. The van der Waals surface area contributed by atoms with Crippen molar-refractivity contribution in [2.24, 2.45) is 0 Å². The minimum Gasteiger partial charge on any atom is -0.340 e. The molecular weight excluding hydrogens is 344 g/mol. The lowest BCUT2D eigenvalue weighted by Gasteiger charge is -2.21. The molecule has 0 spiro atoms. The Hall–Kier alpha value is -2.60. The summed E-state index contributed by atoms with van der Waals surface area (Å²) in [7, 11) is 1.83. The summed E-state index contributed by atoms with van der Waals surface area (Å²) in [6.07, 6.45) is 1.69. The highest BCUT2D eigenvalue weighted by Crippen LogP contribution is 2.26. The van der Waals surface area contributed by atoms with Crippen molar-refractivity contribution in [3.05, 3.63) is 72.1 Å². The molecule has 134 valence electrons. The lowest BCUT2D eigenvalue weighted by Crippen LogP contribution is -2.32. The second-order valence-electron chi connectivity index (χ2n) is 6.21. The lowest BCUT2D eigenvalue weighted by molar-refractivity contribution is -0.129. The zero-order valence-corrected chi connectivity index (χ0v) is 16.0. The summed E-state index contributed by atoms with van der Waals surface area (Å²) in [6, 6.07) is 18.0. The molecule has 0 unspecified atom stereocenters. The molecule has 1 aromatic heterocycles. The van der Waals surface area contributed by atoms with Gasteiger partial charge in [-0.2, -0.15) is 0 Å². The van der Waals surface area contributed by atoms with E-state index in [4.69, 9.17) is 0 Å². The van der Waals surface area contributed by atoms with Gasteiger partial charge in [-0.15, -0.1) is 10.2 Å². The Bertz CT molecular complexity index is 878. The first kappa shape index (κ1) is 18.2. The van der Waals surface area contributed by atoms with Gasteiger partial charge >= 0.3 is 0 Å². The predicted molar refractivity (Wildman–Crippen MR) is 104 cm³/mol. The fourth-order valence-electron chi connectivity index (χ4n) is 2.76. The zero-order chi connectivity index (χ0) is 18.5. The molecule has 1 atom stereocenters. The van der Waals surface area contributed by atoms with Gasteiger partial charge in [0, 0.05) is 13.6 Å². The minimum absolute atomic E-state index is 0.0678. The highest BCUT2D eigenvalue weighted by atomic mass is 32.2. The molecule has 0 aliphatic carbocycles. The molecule has 2 aromatic carbocycles. The molecule has 0 radical (unpaired) electrons. The number of hydrogen-bond donors (Lipinski definition) is 0. The summed E-state index contributed by atoms with van der Waals surface area (Å²) in [5, 5.41) is 8.70. The van der Waals surface area contributed by atoms with E-state index in [0.29, 0.717) is 11.7 Å². The van der Waals surface area contributed by atoms with E-state index < -0.39 is 0 Å². The number of hydrogen-bond acceptors (Lipinski definition) is 4. The summed E-state index contributed by atoms with van der Waals surface area (Å²) in [5.74, 6) is 0.0678. The summed E-state index contributed by atoms with van der Waals surface area (Å²) in [6.45, 7) is 4.55. The van der Waals surface area contributed by atoms with Crippen LogP contribution in [0.15, 0.2) is 66.1 Å². The fourth-order valence-corrected chi connectivity index (χ4v) is 3.71. The van der Waals surface area contributed by atoms with Crippen LogP contribution < -0.4 is 0 Å². The number of carbonyl (C=O) groups is 1. The van der Waals surface area contributed by atoms with Crippen molar-refractivity contribution in [3.8, 4) is 5.69 Å². The van der Waals surface area contributed by atoms with E-state index in [0.717, 1.165) is 16.8 Å². The van der Waals surface area contributed by atoms with Crippen molar-refractivity contribution in [3.63, 3.8) is 0 Å². The smallest absolute Gasteiger partial charge is 0.235 e. The first-order valence-electron chi connectivity index (χ1n) is 8.48. The molecule has 0 saturated heterocycles. The standard InChI is InChI=1S/C20H22N4OS/c1-15-9-7-8-12-18(15)24-14-21-22-20(24)26-16(2)19(25)23(3)13-17-10-5-4-6-11-17/h4-12,14,16H,13H2,1-3H3/t16-/m0/s1. The Morgan fingerprint density at radius 3 is 2.58 bits per heavy atom. The summed E-state index contributed by atoms with van der Waals surface area (Å²) in [4.78, 5) is 14.5. The molecule has 3 aromatic rings. The number of nitrogens with zero attached hydrogens (tertiary/aromatic N) is 4. The summed E-state index contributed by atoms with van der Waals surface area (Å²) in [5.41, 5.74) is 3.27. The van der Waals surface area contributed by atoms with Gasteiger partial charge < -0.3 is 4.90 Å². The van der Waals surface area contributed by atoms with Crippen LogP contribution in [0.2, 0.25) is 0 Å². The number of rotatable bonds is 6. The third-order valence-corrected chi connectivity index (χ3v) is 5.20.